The molecule has 0 fully saturated rings. The van der Waals surface area contributed by atoms with Crippen molar-refractivity contribution in [1.29, 1.82) is 0 Å². The third kappa shape index (κ3) is 6.38. The van der Waals surface area contributed by atoms with Crippen molar-refractivity contribution >= 4 is 29.6 Å². The van der Waals surface area contributed by atoms with Gasteiger partial charge in [0.2, 0.25) is 11.9 Å². The summed E-state index contributed by atoms with van der Waals surface area (Å²) >= 11 is 0. The number of aromatic nitrogens is 3. The first-order chi connectivity index (χ1) is 13.0. The SMILES string of the molecule is CN(C)c1nc(N)nc(COC(=O)c2cccc(NC(=O)OC(C)(C)C)c2)n1. The molecule has 0 spiro atoms. The van der Waals surface area contributed by atoms with Crippen molar-refractivity contribution in [2.75, 3.05) is 30.0 Å². The first-order valence-corrected chi connectivity index (χ1v) is 8.48. The summed E-state index contributed by atoms with van der Waals surface area (Å²) < 4.78 is 10.4. The Labute approximate surface area is 163 Å². The predicted octanol–water partition coefficient (Wildman–Crippen LogP) is 2.22. The van der Waals surface area contributed by atoms with Crippen LogP contribution in [0.3, 0.4) is 0 Å². The highest BCUT2D eigenvalue weighted by molar-refractivity contribution is 5.92. The Morgan fingerprint density at radius 2 is 1.89 bits per heavy atom. The van der Waals surface area contributed by atoms with Crippen molar-refractivity contribution < 1.29 is 19.1 Å². The quantitative estimate of drug-likeness (QED) is 0.740. The third-order valence-electron chi connectivity index (χ3n) is 3.16. The molecule has 0 bridgehead atoms. The summed E-state index contributed by atoms with van der Waals surface area (Å²) in [5.74, 6) is 0.0289. The Hall–Kier alpha value is -3.43. The summed E-state index contributed by atoms with van der Waals surface area (Å²) in [6.07, 6.45) is -0.616. The smallest absolute Gasteiger partial charge is 0.412 e. The van der Waals surface area contributed by atoms with Crippen molar-refractivity contribution in [1.82, 2.24) is 15.0 Å². The highest BCUT2D eigenvalue weighted by Gasteiger charge is 2.17. The van der Waals surface area contributed by atoms with Crippen LogP contribution in [0.2, 0.25) is 0 Å². The van der Waals surface area contributed by atoms with Crippen LogP contribution in [-0.4, -0.2) is 46.7 Å². The number of carbonyl (C=O) groups is 2. The Morgan fingerprint density at radius 3 is 2.54 bits per heavy atom. The average molecular weight is 388 g/mol. The zero-order valence-electron chi connectivity index (χ0n) is 16.5. The average Bonchev–Trinajstić information content (AvgIpc) is 2.57. The lowest BCUT2D eigenvalue weighted by Gasteiger charge is -2.19. The van der Waals surface area contributed by atoms with Crippen LogP contribution >= 0.6 is 0 Å². The number of hydrogen-bond donors (Lipinski definition) is 2. The molecule has 3 N–H and O–H groups in total. The molecule has 0 radical (unpaired) electrons. The van der Waals surface area contributed by atoms with E-state index in [2.05, 4.69) is 20.3 Å². The Bertz CT molecular complexity index is 863. The number of nitrogens with zero attached hydrogens (tertiary/aromatic N) is 4. The number of nitrogens with one attached hydrogen (secondary N) is 1. The van der Waals surface area contributed by atoms with Gasteiger partial charge in [-0.15, -0.1) is 0 Å². The number of amides is 1. The molecule has 0 aliphatic rings. The van der Waals surface area contributed by atoms with Gasteiger partial charge in [0.15, 0.2) is 12.4 Å². The molecule has 28 heavy (non-hydrogen) atoms. The Kier molecular flexibility index (Phi) is 6.34. The minimum absolute atomic E-state index is 0.0355. The molecule has 10 heteroatoms. The van der Waals surface area contributed by atoms with Crippen molar-refractivity contribution in [3.8, 4) is 0 Å². The summed E-state index contributed by atoms with van der Waals surface area (Å²) in [5.41, 5.74) is 5.68. The van der Waals surface area contributed by atoms with Gasteiger partial charge in [-0.1, -0.05) is 6.07 Å². The van der Waals surface area contributed by atoms with Crippen molar-refractivity contribution in [3.05, 3.63) is 35.7 Å². The molecule has 1 aromatic heterocycles. The second-order valence-electron chi connectivity index (χ2n) is 7.09. The summed E-state index contributed by atoms with van der Waals surface area (Å²) in [5, 5.41) is 2.57. The first-order valence-electron chi connectivity index (χ1n) is 8.48. The lowest BCUT2D eigenvalue weighted by molar-refractivity contribution is 0.0461. The van der Waals surface area contributed by atoms with Crippen LogP contribution in [0, 0.1) is 0 Å². The largest absolute Gasteiger partial charge is 0.454 e. The van der Waals surface area contributed by atoms with Crippen LogP contribution in [0.25, 0.3) is 0 Å². The van der Waals surface area contributed by atoms with Gasteiger partial charge >= 0.3 is 12.1 Å². The van der Waals surface area contributed by atoms with Crippen LogP contribution in [0.15, 0.2) is 24.3 Å². The number of nitrogen functional groups attached to an aromatic ring is 1. The molecule has 0 unspecified atom stereocenters. The lowest BCUT2D eigenvalue weighted by Crippen LogP contribution is -2.27. The number of anilines is 3. The van der Waals surface area contributed by atoms with Gasteiger partial charge in [-0.2, -0.15) is 15.0 Å². The van der Waals surface area contributed by atoms with Crippen LogP contribution in [0.4, 0.5) is 22.4 Å². The zero-order valence-corrected chi connectivity index (χ0v) is 16.5. The summed E-state index contributed by atoms with van der Waals surface area (Å²) in [7, 11) is 3.52. The molecule has 2 rings (SSSR count). The van der Waals surface area contributed by atoms with E-state index in [0.29, 0.717) is 11.6 Å². The minimum Gasteiger partial charge on any atom is -0.454 e. The second-order valence-corrected chi connectivity index (χ2v) is 7.09. The molecular weight excluding hydrogens is 364 g/mol. The van der Waals surface area contributed by atoms with Gasteiger partial charge in [-0.3, -0.25) is 5.32 Å². The second kappa shape index (κ2) is 8.51. The van der Waals surface area contributed by atoms with E-state index in [4.69, 9.17) is 15.2 Å². The highest BCUT2D eigenvalue weighted by atomic mass is 16.6. The Morgan fingerprint density at radius 1 is 1.18 bits per heavy atom. The monoisotopic (exact) mass is 388 g/mol. The van der Waals surface area contributed by atoms with E-state index in [1.807, 2.05) is 0 Å². The van der Waals surface area contributed by atoms with Crippen molar-refractivity contribution in [2.24, 2.45) is 0 Å². The lowest BCUT2D eigenvalue weighted by atomic mass is 10.2. The number of nitrogens with two attached hydrogens (primary N) is 1. The number of carbonyl (C=O) groups excluding carboxylic acids is 2. The summed E-state index contributed by atoms with van der Waals surface area (Å²) in [6, 6.07) is 6.31. The van der Waals surface area contributed by atoms with Crippen LogP contribution < -0.4 is 16.0 Å². The Balaban J connectivity index is 2.02. The fourth-order valence-electron chi connectivity index (χ4n) is 2.05. The number of benzene rings is 1. The molecule has 0 aliphatic carbocycles. The maximum atomic E-state index is 12.3. The number of hydrogen-bond acceptors (Lipinski definition) is 9. The van der Waals surface area contributed by atoms with E-state index >= 15 is 0 Å². The van der Waals surface area contributed by atoms with Crippen LogP contribution in [0.1, 0.15) is 37.0 Å². The molecule has 10 nitrogen and oxygen atoms in total. The predicted molar refractivity (Wildman–Crippen MR) is 104 cm³/mol. The molecule has 150 valence electrons. The molecule has 1 amide bonds. The van der Waals surface area contributed by atoms with Gasteiger partial charge in [-0.25, -0.2) is 9.59 Å². The number of ether oxygens (including phenoxy) is 2. The third-order valence-corrected chi connectivity index (χ3v) is 3.16. The number of rotatable bonds is 5. The van der Waals surface area contributed by atoms with E-state index in [0.717, 1.165) is 0 Å². The fraction of sp³-hybridized carbons (Fsp3) is 0.389. The van der Waals surface area contributed by atoms with Gasteiger partial charge in [-0.05, 0) is 39.0 Å². The van der Waals surface area contributed by atoms with Gasteiger partial charge in [0.1, 0.15) is 5.60 Å². The van der Waals surface area contributed by atoms with E-state index in [9.17, 15) is 9.59 Å². The maximum Gasteiger partial charge on any atom is 0.412 e. The fourth-order valence-corrected chi connectivity index (χ4v) is 2.05. The van der Waals surface area contributed by atoms with E-state index in [1.54, 1.807) is 58.0 Å². The first kappa shape index (κ1) is 20.9. The molecule has 0 saturated carbocycles. The molecular formula is C18H24N6O4. The van der Waals surface area contributed by atoms with Crippen molar-refractivity contribution in [3.63, 3.8) is 0 Å². The van der Waals surface area contributed by atoms with Gasteiger partial charge < -0.3 is 20.1 Å². The molecule has 2 aromatic rings. The summed E-state index contributed by atoms with van der Waals surface area (Å²) in [6.45, 7) is 5.11. The normalized spacial score (nSPS) is 10.9. The van der Waals surface area contributed by atoms with E-state index < -0.39 is 17.7 Å². The zero-order chi connectivity index (χ0) is 20.9. The minimum atomic E-state index is -0.627. The molecule has 0 saturated heterocycles. The number of esters is 1. The highest BCUT2D eigenvalue weighted by Crippen LogP contribution is 2.15. The molecule has 1 aromatic carbocycles. The van der Waals surface area contributed by atoms with Gasteiger partial charge in [0.25, 0.3) is 0 Å². The van der Waals surface area contributed by atoms with Gasteiger partial charge in [0, 0.05) is 19.8 Å². The van der Waals surface area contributed by atoms with Crippen molar-refractivity contribution in [2.45, 2.75) is 33.0 Å². The molecule has 0 atom stereocenters. The molecule has 1 heterocycles. The summed E-state index contributed by atoms with van der Waals surface area (Å²) in [4.78, 5) is 37.9. The standard InChI is InChI=1S/C18H24N6O4/c1-18(2,3)28-17(26)20-12-8-6-7-11(9-12)14(25)27-10-13-21-15(19)23-16(22-13)24(4)5/h6-9H,10H2,1-5H3,(H,20,26)(H2,19,21,22,23). The van der Waals surface area contributed by atoms with Gasteiger partial charge in [0.05, 0.1) is 5.56 Å². The van der Waals surface area contributed by atoms with E-state index in [1.165, 1.54) is 6.07 Å². The molecule has 0 aliphatic heterocycles. The maximum absolute atomic E-state index is 12.3. The van der Waals surface area contributed by atoms with Crippen LogP contribution in [0.5, 0.6) is 0 Å². The van der Waals surface area contributed by atoms with E-state index in [-0.39, 0.29) is 23.9 Å². The van der Waals surface area contributed by atoms with Crippen LogP contribution in [-0.2, 0) is 16.1 Å². The topological polar surface area (TPSA) is 133 Å².